The van der Waals surface area contributed by atoms with Crippen LogP contribution in [0, 0.1) is 6.92 Å². The quantitative estimate of drug-likeness (QED) is 0.781. The van der Waals surface area contributed by atoms with Crippen LogP contribution in [0.25, 0.3) is 22.3 Å². The van der Waals surface area contributed by atoms with Crippen molar-refractivity contribution < 1.29 is 8.78 Å². The average molecular weight is 288 g/mol. The zero-order chi connectivity index (χ0) is 14.6. The van der Waals surface area contributed by atoms with Crippen LogP contribution in [-0.2, 0) is 0 Å². The number of fused-ring (bicyclic) bond motifs is 1. The van der Waals surface area contributed by atoms with E-state index < -0.39 is 5.92 Å². The lowest BCUT2D eigenvalue weighted by Crippen LogP contribution is -2.37. The van der Waals surface area contributed by atoms with Gasteiger partial charge in [-0.2, -0.15) is 5.10 Å². The summed E-state index contributed by atoms with van der Waals surface area (Å²) in [6, 6.07) is 3.68. The first kappa shape index (κ1) is 12.5. The summed E-state index contributed by atoms with van der Waals surface area (Å²) in [4.78, 5) is 7.46. The number of H-pyrrole nitrogens is 1. The maximum Gasteiger partial charge on any atom is 0.252 e. The molecule has 4 nitrogen and oxygen atoms in total. The second kappa shape index (κ2) is 4.13. The van der Waals surface area contributed by atoms with E-state index in [1.807, 2.05) is 25.3 Å². The van der Waals surface area contributed by atoms with Crippen LogP contribution in [0.4, 0.5) is 8.78 Å². The van der Waals surface area contributed by atoms with Gasteiger partial charge in [0.25, 0.3) is 5.92 Å². The summed E-state index contributed by atoms with van der Waals surface area (Å²) in [5, 5.41) is 5.48. The fraction of sp³-hybridized carbons (Fsp3) is 0.333. The summed E-state index contributed by atoms with van der Waals surface area (Å²) < 4.78 is 27.5. The van der Waals surface area contributed by atoms with E-state index in [0.29, 0.717) is 0 Å². The standard InChI is InChI=1S/C15H14F2N4/c1-9-7-18-14-12(9)4-10(8-19-14)13-2-3-21(20-13)11-5-15(16,17)6-11/h2-4,7-8,11H,5-6H2,1H3,(H,18,19). The average Bonchev–Trinajstić information content (AvgIpc) is 3.03. The Morgan fingerprint density at radius 2 is 2.19 bits per heavy atom. The van der Waals surface area contributed by atoms with Crippen LogP contribution in [0.3, 0.4) is 0 Å². The molecule has 21 heavy (non-hydrogen) atoms. The topological polar surface area (TPSA) is 46.5 Å². The lowest BCUT2D eigenvalue weighted by Gasteiger charge is -2.34. The van der Waals surface area contributed by atoms with Crippen molar-refractivity contribution in [1.29, 1.82) is 0 Å². The Morgan fingerprint density at radius 3 is 2.95 bits per heavy atom. The minimum atomic E-state index is -2.53. The van der Waals surface area contributed by atoms with Gasteiger partial charge in [-0.25, -0.2) is 13.8 Å². The van der Waals surface area contributed by atoms with Gasteiger partial charge in [0, 0.05) is 42.4 Å². The van der Waals surface area contributed by atoms with Crippen LogP contribution in [-0.4, -0.2) is 25.7 Å². The molecule has 0 bridgehead atoms. The van der Waals surface area contributed by atoms with E-state index in [4.69, 9.17) is 0 Å². The van der Waals surface area contributed by atoms with E-state index in [2.05, 4.69) is 15.1 Å². The third-order valence-electron chi connectivity index (χ3n) is 4.08. The van der Waals surface area contributed by atoms with Gasteiger partial charge in [0.1, 0.15) is 5.65 Å². The van der Waals surface area contributed by atoms with Gasteiger partial charge in [0.2, 0.25) is 0 Å². The highest BCUT2D eigenvalue weighted by atomic mass is 19.3. The number of nitrogens with one attached hydrogen (secondary N) is 1. The van der Waals surface area contributed by atoms with E-state index in [1.165, 1.54) is 0 Å². The fourth-order valence-electron chi connectivity index (χ4n) is 2.79. The molecule has 6 heteroatoms. The van der Waals surface area contributed by atoms with Crippen molar-refractivity contribution in [1.82, 2.24) is 19.7 Å². The van der Waals surface area contributed by atoms with Gasteiger partial charge in [-0.05, 0) is 24.6 Å². The predicted molar refractivity (Wildman–Crippen MR) is 75.3 cm³/mol. The SMILES string of the molecule is Cc1c[nH]c2ncc(-c3ccn(C4CC(F)(F)C4)n3)cc12. The second-order valence-corrected chi connectivity index (χ2v) is 5.69. The summed E-state index contributed by atoms with van der Waals surface area (Å²) in [6.45, 7) is 2.01. The zero-order valence-electron chi connectivity index (χ0n) is 11.5. The van der Waals surface area contributed by atoms with Crippen molar-refractivity contribution in [3.8, 4) is 11.3 Å². The van der Waals surface area contributed by atoms with Gasteiger partial charge in [-0.15, -0.1) is 0 Å². The Kier molecular flexibility index (Phi) is 2.46. The van der Waals surface area contributed by atoms with Crippen molar-refractivity contribution in [3.05, 3.63) is 36.3 Å². The van der Waals surface area contributed by atoms with Gasteiger partial charge in [-0.3, -0.25) is 4.68 Å². The molecule has 4 rings (SSSR count). The van der Waals surface area contributed by atoms with Crippen molar-refractivity contribution >= 4 is 11.0 Å². The molecule has 108 valence electrons. The van der Waals surface area contributed by atoms with Crippen LogP contribution in [0.15, 0.2) is 30.7 Å². The lowest BCUT2D eigenvalue weighted by molar-refractivity contribution is -0.106. The zero-order valence-corrected chi connectivity index (χ0v) is 11.5. The molecule has 0 atom stereocenters. The first-order valence-corrected chi connectivity index (χ1v) is 6.89. The molecule has 3 aromatic heterocycles. The van der Waals surface area contributed by atoms with Crippen LogP contribution >= 0.6 is 0 Å². The number of hydrogen-bond donors (Lipinski definition) is 1. The number of aryl methyl sites for hydroxylation is 1. The number of rotatable bonds is 2. The van der Waals surface area contributed by atoms with Gasteiger partial charge in [0.05, 0.1) is 11.7 Å². The minimum absolute atomic E-state index is 0.123. The van der Waals surface area contributed by atoms with E-state index in [1.54, 1.807) is 17.1 Å². The first-order chi connectivity index (χ1) is 10.0. The molecule has 0 saturated heterocycles. The molecule has 1 aliphatic rings. The molecule has 0 spiro atoms. The largest absolute Gasteiger partial charge is 0.346 e. The molecule has 1 aliphatic carbocycles. The van der Waals surface area contributed by atoms with Gasteiger partial charge < -0.3 is 4.98 Å². The Hall–Kier alpha value is -2.24. The Morgan fingerprint density at radius 1 is 1.38 bits per heavy atom. The van der Waals surface area contributed by atoms with Gasteiger partial charge in [-0.1, -0.05) is 0 Å². The molecule has 0 radical (unpaired) electrons. The summed E-state index contributed by atoms with van der Waals surface area (Å²) in [6.07, 6.45) is 5.19. The number of nitrogens with zero attached hydrogens (tertiary/aromatic N) is 3. The number of aromatic amines is 1. The van der Waals surface area contributed by atoms with Crippen LogP contribution in [0.5, 0.6) is 0 Å². The summed E-state index contributed by atoms with van der Waals surface area (Å²) >= 11 is 0. The number of halogens is 2. The van der Waals surface area contributed by atoms with Crippen molar-refractivity contribution in [2.24, 2.45) is 0 Å². The van der Waals surface area contributed by atoms with E-state index in [9.17, 15) is 8.78 Å². The monoisotopic (exact) mass is 288 g/mol. The van der Waals surface area contributed by atoms with E-state index in [0.717, 1.165) is 27.9 Å². The highest BCUT2D eigenvalue weighted by molar-refractivity contribution is 5.83. The highest BCUT2D eigenvalue weighted by Crippen LogP contribution is 2.45. The molecule has 1 fully saturated rings. The molecule has 3 heterocycles. The Balaban J connectivity index is 1.66. The van der Waals surface area contributed by atoms with Crippen molar-refractivity contribution in [3.63, 3.8) is 0 Å². The molecular weight excluding hydrogens is 274 g/mol. The summed E-state index contributed by atoms with van der Waals surface area (Å²) in [5.41, 5.74) is 3.63. The smallest absolute Gasteiger partial charge is 0.252 e. The van der Waals surface area contributed by atoms with E-state index >= 15 is 0 Å². The fourth-order valence-corrected chi connectivity index (χ4v) is 2.79. The summed E-state index contributed by atoms with van der Waals surface area (Å²) in [5.74, 6) is -2.53. The van der Waals surface area contributed by atoms with Crippen LogP contribution < -0.4 is 0 Å². The molecule has 0 aromatic carbocycles. The van der Waals surface area contributed by atoms with Crippen molar-refractivity contribution in [2.75, 3.05) is 0 Å². The van der Waals surface area contributed by atoms with E-state index in [-0.39, 0.29) is 18.9 Å². The molecule has 0 aliphatic heterocycles. The predicted octanol–water partition coefficient (Wildman–Crippen LogP) is 3.71. The number of hydrogen-bond acceptors (Lipinski definition) is 2. The second-order valence-electron chi connectivity index (χ2n) is 5.69. The molecule has 1 saturated carbocycles. The number of aromatic nitrogens is 4. The van der Waals surface area contributed by atoms with Crippen LogP contribution in [0.1, 0.15) is 24.4 Å². The molecular formula is C15H14F2N4. The third-order valence-corrected chi connectivity index (χ3v) is 4.08. The van der Waals surface area contributed by atoms with Gasteiger partial charge >= 0.3 is 0 Å². The number of alkyl halides is 2. The molecule has 0 unspecified atom stereocenters. The third kappa shape index (κ3) is 2.02. The maximum absolute atomic E-state index is 12.9. The Labute approximate surface area is 119 Å². The Bertz CT molecular complexity index is 810. The number of pyridine rings is 1. The molecule has 3 aromatic rings. The van der Waals surface area contributed by atoms with Gasteiger partial charge in [0.15, 0.2) is 0 Å². The van der Waals surface area contributed by atoms with Crippen molar-refractivity contribution in [2.45, 2.75) is 31.7 Å². The maximum atomic E-state index is 12.9. The first-order valence-electron chi connectivity index (χ1n) is 6.89. The minimum Gasteiger partial charge on any atom is -0.346 e. The lowest BCUT2D eigenvalue weighted by atomic mass is 9.88. The summed E-state index contributed by atoms with van der Waals surface area (Å²) in [7, 11) is 0. The van der Waals surface area contributed by atoms with Crippen LogP contribution in [0.2, 0.25) is 0 Å². The molecule has 1 N–H and O–H groups in total. The molecule has 0 amide bonds. The highest BCUT2D eigenvalue weighted by Gasteiger charge is 2.46. The normalized spacial score (nSPS) is 18.0.